The van der Waals surface area contributed by atoms with Gasteiger partial charge in [0.2, 0.25) is 0 Å². The molecule has 1 atom stereocenters. The van der Waals surface area contributed by atoms with Crippen LogP contribution in [0.3, 0.4) is 0 Å². The molecule has 5 nitrogen and oxygen atoms in total. The number of likely N-dealkylation sites (tertiary alicyclic amines) is 1. The summed E-state index contributed by atoms with van der Waals surface area (Å²) >= 11 is 0. The van der Waals surface area contributed by atoms with Crippen LogP contribution in [0.25, 0.3) is 10.9 Å². The van der Waals surface area contributed by atoms with Gasteiger partial charge in [0.05, 0.1) is 17.3 Å². The van der Waals surface area contributed by atoms with Gasteiger partial charge in [-0.25, -0.2) is 4.39 Å². The lowest BCUT2D eigenvalue weighted by molar-refractivity contribution is 0.0582. The Morgan fingerprint density at radius 1 is 1.14 bits per heavy atom. The maximum Gasteiger partial charge on any atom is 0.257 e. The largest absolute Gasteiger partial charge is 0.469 e. The molecule has 36 heavy (non-hydrogen) atoms. The molecular formula is C30H32FN3O2. The van der Waals surface area contributed by atoms with E-state index < -0.39 is 0 Å². The van der Waals surface area contributed by atoms with Gasteiger partial charge in [0, 0.05) is 31.2 Å². The highest BCUT2D eigenvalue weighted by Crippen LogP contribution is 2.29. The van der Waals surface area contributed by atoms with Crippen molar-refractivity contribution in [1.82, 2.24) is 14.8 Å². The number of carbonyl (C=O) groups excluding carboxylic acids is 1. The van der Waals surface area contributed by atoms with Gasteiger partial charge in [0.25, 0.3) is 5.91 Å². The predicted molar refractivity (Wildman–Crippen MR) is 139 cm³/mol. The molecule has 1 amide bonds. The number of aryl methyl sites for hydroxylation is 1. The number of amides is 1. The Bertz CT molecular complexity index is 1340. The molecule has 0 saturated carbocycles. The molecule has 4 aromatic rings. The van der Waals surface area contributed by atoms with Crippen LogP contribution in [0.5, 0.6) is 0 Å². The number of fused-ring (bicyclic) bond motifs is 1. The second-order valence-corrected chi connectivity index (χ2v) is 9.81. The van der Waals surface area contributed by atoms with Crippen molar-refractivity contribution in [3.63, 3.8) is 0 Å². The number of carbonyl (C=O) groups is 1. The maximum atomic E-state index is 14.6. The Balaban J connectivity index is 1.30. The van der Waals surface area contributed by atoms with Gasteiger partial charge in [0.1, 0.15) is 11.6 Å². The Morgan fingerprint density at radius 3 is 2.69 bits per heavy atom. The van der Waals surface area contributed by atoms with Gasteiger partial charge < -0.3 is 9.32 Å². The van der Waals surface area contributed by atoms with E-state index in [1.807, 2.05) is 31.4 Å². The molecule has 0 radical (unpaired) electrons. The number of rotatable bonds is 7. The van der Waals surface area contributed by atoms with Crippen LogP contribution in [-0.2, 0) is 13.0 Å². The number of pyridine rings is 1. The minimum absolute atomic E-state index is 0.0753. The van der Waals surface area contributed by atoms with Crippen LogP contribution < -0.4 is 0 Å². The molecule has 2 aromatic carbocycles. The first-order valence-corrected chi connectivity index (χ1v) is 12.6. The molecule has 0 N–H and O–H groups in total. The van der Waals surface area contributed by atoms with Gasteiger partial charge >= 0.3 is 0 Å². The number of piperidine rings is 1. The van der Waals surface area contributed by atoms with E-state index in [1.54, 1.807) is 30.2 Å². The van der Waals surface area contributed by atoms with Crippen molar-refractivity contribution < 1.29 is 13.6 Å². The third-order valence-electron chi connectivity index (χ3n) is 7.55. The molecule has 1 unspecified atom stereocenters. The predicted octanol–water partition coefficient (Wildman–Crippen LogP) is 5.87. The Morgan fingerprint density at radius 2 is 1.94 bits per heavy atom. The quantitative estimate of drug-likeness (QED) is 0.328. The van der Waals surface area contributed by atoms with Gasteiger partial charge in [-0.15, -0.1) is 0 Å². The van der Waals surface area contributed by atoms with Crippen LogP contribution in [0.2, 0.25) is 0 Å². The summed E-state index contributed by atoms with van der Waals surface area (Å²) in [6.07, 6.45) is 5.77. The Labute approximate surface area is 211 Å². The molecule has 2 aromatic heterocycles. The summed E-state index contributed by atoms with van der Waals surface area (Å²) < 4.78 is 20.0. The van der Waals surface area contributed by atoms with Crippen molar-refractivity contribution >= 4 is 16.8 Å². The third kappa shape index (κ3) is 5.19. The second-order valence-electron chi connectivity index (χ2n) is 9.81. The van der Waals surface area contributed by atoms with E-state index >= 15 is 0 Å². The number of furan rings is 1. The SMILES string of the molecule is Cc1occc1C(=O)N(C)C(Cc1ccccc1F)C1CCN(Cc2ccc3cccnc3c2)CC1. The molecule has 1 aliphatic rings. The number of nitrogens with zero attached hydrogens (tertiary/aromatic N) is 3. The summed E-state index contributed by atoms with van der Waals surface area (Å²) in [4.78, 5) is 22.1. The van der Waals surface area contributed by atoms with Crippen molar-refractivity contribution in [2.45, 2.75) is 38.8 Å². The van der Waals surface area contributed by atoms with Crippen LogP contribution in [0.4, 0.5) is 4.39 Å². The summed E-state index contributed by atoms with van der Waals surface area (Å²) in [6.45, 7) is 4.55. The summed E-state index contributed by atoms with van der Waals surface area (Å²) in [5, 5.41) is 1.15. The molecule has 186 valence electrons. The fourth-order valence-corrected chi connectivity index (χ4v) is 5.42. The number of hydrogen-bond acceptors (Lipinski definition) is 4. The van der Waals surface area contributed by atoms with Crippen molar-refractivity contribution in [1.29, 1.82) is 0 Å². The highest BCUT2D eigenvalue weighted by molar-refractivity contribution is 5.95. The van der Waals surface area contributed by atoms with E-state index in [-0.39, 0.29) is 23.7 Å². The summed E-state index contributed by atoms with van der Waals surface area (Å²) in [7, 11) is 1.84. The van der Waals surface area contributed by atoms with Crippen LogP contribution in [0, 0.1) is 18.7 Å². The van der Waals surface area contributed by atoms with Crippen LogP contribution >= 0.6 is 0 Å². The highest BCUT2D eigenvalue weighted by Gasteiger charge is 2.33. The molecular weight excluding hydrogens is 453 g/mol. The van der Waals surface area contributed by atoms with Crippen LogP contribution in [-0.4, -0.2) is 46.9 Å². The number of likely N-dealkylation sites (N-methyl/N-ethyl adjacent to an activating group) is 1. The smallest absolute Gasteiger partial charge is 0.257 e. The number of aromatic nitrogens is 1. The van der Waals surface area contributed by atoms with Crippen molar-refractivity contribution in [2.24, 2.45) is 5.92 Å². The van der Waals surface area contributed by atoms with Crippen LogP contribution in [0.1, 0.15) is 40.1 Å². The molecule has 1 saturated heterocycles. The first-order chi connectivity index (χ1) is 17.5. The zero-order valence-electron chi connectivity index (χ0n) is 20.9. The van der Waals surface area contributed by atoms with Crippen molar-refractivity contribution in [3.05, 3.63) is 101 Å². The van der Waals surface area contributed by atoms with E-state index in [1.165, 1.54) is 11.6 Å². The molecule has 3 heterocycles. The average molecular weight is 486 g/mol. The fourth-order valence-electron chi connectivity index (χ4n) is 5.42. The monoisotopic (exact) mass is 485 g/mol. The Hall–Kier alpha value is -3.51. The minimum atomic E-state index is -0.217. The molecule has 6 heteroatoms. The van der Waals surface area contributed by atoms with E-state index in [9.17, 15) is 9.18 Å². The summed E-state index contributed by atoms with van der Waals surface area (Å²) in [5.74, 6) is 0.593. The normalized spacial score (nSPS) is 15.8. The van der Waals surface area contributed by atoms with Gasteiger partial charge in [-0.1, -0.05) is 36.4 Å². The highest BCUT2D eigenvalue weighted by atomic mass is 19.1. The first kappa shape index (κ1) is 24.2. The zero-order valence-corrected chi connectivity index (χ0v) is 20.9. The van der Waals surface area contributed by atoms with Gasteiger partial charge in [-0.3, -0.25) is 14.7 Å². The molecule has 0 spiro atoms. The summed E-state index contributed by atoms with van der Waals surface area (Å²) in [6, 6.07) is 19.0. The van der Waals surface area contributed by atoms with E-state index in [0.717, 1.165) is 43.4 Å². The minimum Gasteiger partial charge on any atom is -0.469 e. The van der Waals surface area contributed by atoms with E-state index in [0.29, 0.717) is 23.3 Å². The third-order valence-corrected chi connectivity index (χ3v) is 7.55. The topological polar surface area (TPSA) is 49.6 Å². The standard InChI is InChI=1S/C30H32FN3O2/c1-21-26(13-17-36-21)30(35)33(2)29(19-25-6-3-4-8-27(25)31)24-11-15-34(16-12-24)20-22-9-10-23-7-5-14-32-28(23)18-22/h3-10,13-14,17-18,24,29H,11-12,15-16,19-20H2,1-2H3. The Kier molecular flexibility index (Phi) is 7.14. The lowest BCUT2D eigenvalue weighted by atomic mass is 9.84. The van der Waals surface area contributed by atoms with Crippen LogP contribution in [0.15, 0.2) is 77.5 Å². The zero-order chi connectivity index (χ0) is 25.1. The molecule has 0 aliphatic carbocycles. The first-order valence-electron chi connectivity index (χ1n) is 12.6. The van der Waals surface area contributed by atoms with E-state index in [2.05, 4.69) is 34.1 Å². The molecule has 0 bridgehead atoms. The van der Waals surface area contributed by atoms with Gasteiger partial charge in [-0.05, 0) is 80.6 Å². The number of halogens is 1. The second kappa shape index (κ2) is 10.6. The lowest BCUT2D eigenvalue weighted by Gasteiger charge is -2.40. The van der Waals surface area contributed by atoms with Crippen molar-refractivity contribution in [2.75, 3.05) is 20.1 Å². The van der Waals surface area contributed by atoms with Crippen molar-refractivity contribution in [3.8, 4) is 0 Å². The molecule has 5 rings (SSSR count). The van der Waals surface area contributed by atoms with E-state index in [4.69, 9.17) is 4.42 Å². The number of benzene rings is 2. The number of hydrogen-bond donors (Lipinski definition) is 0. The van der Waals surface area contributed by atoms with Gasteiger partial charge in [0.15, 0.2) is 0 Å². The average Bonchev–Trinajstić information content (AvgIpc) is 3.33. The molecule has 1 fully saturated rings. The fraction of sp³-hybridized carbons (Fsp3) is 0.333. The van der Waals surface area contributed by atoms with Gasteiger partial charge in [-0.2, -0.15) is 0 Å². The lowest BCUT2D eigenvalue weighted by Crippen LogP contribution is -2.47. The maximum absolute atomic E-state index is 14.6. The molecule has 1 aliphatic heterocycles. The summed E-state index contributed by atoms with van der Waals surface area (Å²) in [5.41, 5.74) is 3.49.